The van der Waals surface area contributed by atoms with Gasteiger partial charge in [-0.15, -0.1) is 0 Å². The summed E-state index contributed by atoms with van der Waals surface area (Å²) in [6, 6.07) is 60.1. The Morgan fingerprint density at radius 2 is 0.565 bits per heavy atom. The number of benzene rings is 9. The molecule has 2 nitrogen and oxygen atoms in total. The average Bonchev–Trinajstić information content (AvgIpc) is 1.43. The molecule has 4 heterocycles. The summed E-state index contributed by atoms with van der Waals surface area (Å²) in [7, 11) is 0. The van der Waals surface area contributed by atoms with Gasteiger partial charge in [-0.3, -0.25) is 0 Å². The lowest BCUT2D eigenvalue weighted by Crippen LogP contribution is -2.62. The summed E-state index contributed by atoms with van der Waals surface area (Å²) in [6.07, 6.45) is 0. The van der Waals surface area contributed by atoms with Crippen molar-refractivity contribution < 1.29 is 0 Å². The second-order valence-electron chi connectivity index (χ2n) is 34.2. The number of hydrogen-bond acceptors (Lipinski definition) is 0. The van der Waals surface area contributed by atoms with E-state index in [0.717, 1.165) is 0 Å². The topological polar surface area (TPSA) is 9.86 Å². The Labute approximate surface area is 553 Å². The molecule has 4 heteroatoms. The van der Waals surface area contributed by atoms with Crippen LogP contribution in [0.15, 0.2) is 146 Å². The first-order valence-electron chi connectivity index (χ1n) is 35.1. The van der Waals surface area contributed by atoms with E-state index in [-0.39, 0.29) is 35.1 Å². The van der Waals surface area contributed by atoms with Gasteiger partial charge >= 0.3 is 0 Å². The van der Waals surface area contributed by atoms with Crippen molar-refractivity contribution in [3.8, 4) is 33.6 Å². The molecule has 9 aromatic carbocycles. The molecule has 11 aromatic rings. The van der Waals surface area contributed by atoms with Crippen molar-refractivity contribution in [3.05, 3.63) is 201 Å². The van der Waals surface area contributed by atoms with E-state index >= 15 is 0 Å². The average molecular weight is 1210 g/mol. The molecule has 0 saturated carbocycles. The fourth-order valence-corrected chi connectivity index (χ4v) is 16.0. The van der Waals surface area contributed by atoms with Crippen LogP contribution in [0.25, 0.3) is 77.2 Å². The van der Waals surface area contributed by atoms with E-state index in [4.69, 9.17) is 0 Å². The second-order valence-corrected chi connectivity index (χ2v) is 34.2. The van der Waals surface area contributed by atoms with Gasteiger partial charge in [0.15, 0.2) is 0 Å². The molecule has 0 unspecified atom stereocenters. The molecule has 2 aliphatic rings. The predicted molar refractivity (Wildman–Crippen MR) is 408 cm³/mol. The molecule has 470 valence electrons. The summed E-state index contributed by atoms with van der Waals surface area (Å²) in [5.41, 5.74) is 35.5. The highest BCUT2D eigenvalue weighted by Gasteiger charge is 2.44. The first-order valence-corrected chi connectivity index (χ1v) is 35.1. The van der Waals surface area contributed by atoms with Gasteiger partial charge in [0.25, 0.3) is 0 Å². The SMILES string of the molecule is CC(C)c1cc(C(C)C)c(B2c3cc4c(cc3-n3c5ccc(-c6ccc(C(C)(C)C)cc6)cc5c5cc(C(C)(C)C)cc2c53)B(c2c(C(C)C)cc(C(C)C)cc2C(C)C)c2cc(C(C)(C)C)cc3c5cc(-c6ccc(C(C)(C)C)cc6)ccc5n-4c23)c(C(C)C)c1. The van der Waals surface area contributed by atoms with Gasteiger partial charge in [0.05, 0.1) is 11.0 Å². The summed E-state index contributed by atoms with van der Waals surface area (Å²) in [6.45, 7) is 57.4. The van der Waals surface area contributed by atoms with Gasteiger partial charge in [0, 0.05) is 44.0 Å². The van der Waals surface area contributed by atoms with E-state index in [9.17, 15) is 0 Å². The van der Waals surface area contributed by atoms with Gasteiger partial charge in [-0.25, -0.2) is 0 Å². The first-order chi connectivity index (χ1) is 43.1. The maximum Gasteiger partial charge on any atom is 0.247 e. The fraction of sp³-hybridized carbons (Fsp3) is 0.386. The van der Waals surface area contributed by atoms with Crippen LogP contribution >= 0.6 is 0 Å². The Bertz CT molecular complexity index is 4400. The smallest absolute Gasteiger partial charge is 0.247 e. The summed E-state index contributed by atoms with van der Waals surface area (Å²) in [5, 5.41) is 5.30. The normalized spacial score (nSPS) is 13.8. The zero-order valence-electron chi connectivity index (χ0n) is 60.4. The van der Waals surface area contributed by atoms with Crippen molar-refractivity contribution in [2.24, 2.45) is 0 Å². The minimum Gasteiger partial charge on any atom is -0.310 e. The fourth-order valence-electron chi connectivity index (χ4n) is 16.0. The van der Waals surface area contributed by atoms with Crippen molar-refractivity contribution in [2.75, 3.05) is 0 Å². The highest BCUT2D eigenvalue weighted by molar-refractivity contribution is 7.00. The lowest BCUT2D eigenvalue weighted by atomic mass is 9.31. The number of aromatic nitrogens is 2. The number of fused-ring (bicyclic) bond motifs is 10. The summed E-state index contributed by atoms with van der Waals surface area (Å²) < 4.78 is 5.51. The molecular weight excluding hydrogens is 1110 g/mol. The minimum absolute atomic E-state index is 0.0665. The van der Waals surface area contributed by atoms with E-state index in [0.29, 0.717) is 35.5 Å². The molecule has 2 aliphatic heterocycles. The highest BCUT2D eigenvalue weighted by atomic mass is 15.0. The summed E-state index contributed by atoms with van der Waals surface area (Å²) in [4.78, 5) is 0. The van der Waals surface area contributed by atoms with Crippen molar-refractivity contribution in [1.29, 1.82) is 0 Å². The summed E-state index contributed by atoms with van der Waals surface area (Å²) >= 11 is 0. The Kier molecular flexibility index (Phi) is 15.3. The number of rotatable bonds is 10. The van der Waals surface area contributed by atoms with Gasteiger partial charge in [-0.05, 0) is 205 Å². The molecule has 0 spiro atoms. The monoisotopic (exact) mass is 1210 g/mol. The van der Waals surface area contributed by atoms with Crippen molar-refractivity contribution in [3.63, 3.8) is 0 Å². The maximum atomic E-state index is 2.76. The van der Waals surface area contributed by atoms with Crippen LogP contribution in [0, 0.1) is 0 Å². The molecule has 0 bridgehead atoms. The zero-order chi connectivity index (χ0) is 66.1. The molecule has 0 N–H and O–H groups in total. The standard InChI is InChI=1S/C88H102B2N2/c1-49(2)59-39-65(51(5)6)81(66(40-59)52(7)8)89-73-47-80-74(48-79(73)91-77-35-29-57(55-25-31-61(32-26-55)85(13,14)15)37-69(77)71-43-63(87(19,20)21)45-75(89)83(71)91)90(82-67(53(9)10)41-60(50(3)4)42-68(82)54(11)12)76-46-64(88(22,23)24)44-72-70-38-58(30-36-78(70)92(80)84(72)76)56-27-33-62(34-28-56)86(16,17)18/h25-54H,1-24H3. The molecule has 13 rings (SSSR count). The van der Waals surface area contributed by atoms with Crippen LogP contribution in [0.2, 0.25) is 0 Å². The largest absolute Gasteiger partial charge is 0.310 e. The molecule has 2 aromatic heterocycles. The molecule has 92 heavy (non-hydrogen) atoms. The van der Waals surface area contributed by atoms with Crippen LogP contribution in [-0.2, 0) is 21.7 Å². The zero-order valence-corrected chi connectivity index (χ0v) is 60.4. The van der Waals surface area contributed by atoms with E-state index in [1.807, 2.05) is 0 Å². The van der Waals surface area contributed by atoms with Crippen molar-refractivity contribution >= 4 is 89.8 Å². The van der Waals surface area contributed by atoms with Gasteiger partial charge in [-0.1, -0.05) is 274 Å². The van der Waals surface area contributed by atoms with Crippen LogP contribution in [0.3, 0.4) is 0 Å². The molecule has 0 fully saturated rings. The number of nitrogens with zero attached hydrogens (tertiary/aromatic N) is 2. The Hall–Kier alpha value is -7.29. The second kappa shape index (κ2) is 22.2. The van der Waals surface area contributed by atoms with E-state index in [1.165, 1.54) is 166 Å². The van der Waals surface area contributed by atoms with Crippen LogP contribution < -0.4 is 32.8 Å². The first kappa shape index (κ1) is 63.5. The molecular formula is C88H102B2N2. The molecule has 0 radical (unpaired) electrons. The molecule has 0 saturated heterocycles. The summed E-state index contributed by atoms with van der Waals surface area (Å²) in [5.74, 6) is 1.96. The van der Waals surface area contributed by atoms with Gasteiger partial charge < -0.3 is 9.13 Å². The lowest BCUT2D eigenvalue weighted by molar-refractivity contribution is 0.590. The molecule has 0 amide bonds. The van der Waals surface area contributed by atoms with Crippen molar-refractivity contribution in [1.82, 2.24) is 9.13 Å². The van der Waals surface area contributed by atoms with Crippen LogP contribution in [0.4, 0.5) is 0 Å². The quantitative estimate of drug-likeness (QED) is 0.121. The predicted octanol–water partition coefficient (Wildman–Crippen LogP) is 20.8. The Morgan fingerprint density at radius 1 is 0.272 bits per heavy atom. The van der Waals surface area contributed by atoms with Gasteiger partial charge in [0.1, 0.15) is 0 Å². The van der Waals surface area contributed by atoms with E-state index in [2.05, 4.69) is 321 Å². The van der Waals surface area contributed by atoms with Crippen molar-refractivity contribution in [2.45, 2.75) is 223 Å². The molecule has 0 atom stereocenters. The maximum absolute atomic E-state index is 2.76. The van der Waals surface area contributed by atoms with E-state index < -0.39 is 0 Å². The third-order valence-electron chi connectivity index (χ3n) is 21.5. The third-order valence-corrected chi connectivity index (χ3v) is 21.5. The minimum atomic E-state index is -0.122. The Balaban J connectivity index is 1.24. The van der Waals surface area contributed by atoms with E-state index in [1.54, 1.807) is 0 Å². The number of hydrogen-bond donors (Lipinski definition) is 0. The highest BCUT2D eigenvalue weighted by Crippen LogP contribution is 2.44. The van der Waals surface area contributed by atoms with Gasteiger partial charge in [-0.2, -0.15) is 0 Å². The van der Waals surface area contributed by atoms with Crippen LogP contribution in [0.5, 0.6) is 0 Å². The molecule has 0 aliphatic carbocycles. The van der Waals surface area contributed by atoms with Crippen LogP contribution in [0.1, 0.15) is 257 Å². The van der Waals surface area contributed by atoms with Crippen LogP contribution in [-0.4, -0.2) is 22.6 Å². The van der Waals surface area contributed by atoms with Gasteiger partial charge in [0.2, 0.25) is 13.4 Å². The Morgan fingerprint density at radius 3 is 0.837 bits per heavy atom. The third kappa shape index (κ3) is 10.4. The lowest BCUT2D eigenvalue weighted by Gasteiger charge is -2.37.